The molecule has 94 valence electrons. The second-order valence-corrected chi connectivity index (χ2v) is 5.25. The van der Waals surface area contributed by atoms with Crippen molar-refractivity contribution in [3.8, 4) is 5.75 Å². The summed E-state index contributed by atoms with van der Waals surface area (Å²) < 4.78 is 2.80. The maximum Gasteiger partial charge on any atom is 0.147 e. The van der Waals surface area contributed by atoms with Gasteiger partial charge in [-0.1, -0.05) is 12.1 Å². The molecule has 1 aromatic heterocycles. The Hall–Kier alpha value is -1.40. The van der Waals surface area contributed by atoms with Crippen LogP contribution in [0.5, 0.6) is 5.75 Å². The molecule has 0 spiro atoms. The monoisotopic (exact) mass is 308 g/mol. The zero-order valence-corrected chi connectivity index (χ0v) is 11.3. The van der Waals surface area contributed by atoms with E-state index < -0.39 is 0 Å². The van der Waals surface area contributed by atoms with Gasteiger partial charge in [-0.2, -0.15) is 0 Å². The van der Waals surface area contributed by atoms with Gasteiger partial charge >= 0.3 is 0 Å². The lowest BCUT2D eigenvalue weighted by molar-refractivity contribution is 0.206. The molecular weight excluding hydrogens is 296 g/mol. The first-order valence-electron chi connectivity index (χ1n) is 5.79. The Kier molecular flexibility index (Phi) is 3.05. The molecule has 0 bridgehead atoms. The molecule has 0 radical (unpaired) electrons. The smallest absolute Gasteiger partial charge is 0.147 e. The van der Waals surface area contributed by atoms with Gasteiger partial charge in [-0.15, -0.1) is 10.2 Å². The predicted octanol–water partition coefficient (Wildman–Crippen LogP) is 1.76. The number of fused-ring (bicyclic) bond motifs is 1. The van der Waals surface area contributed by atoms with Gasteiger partial charge < -0.3 is 9.67 Å². The van der Waals surface area contributed by atoms with Crippen molar-refractivity contribution in [1.82, 2.24) is 19.7 Å². The highest BCUT2D eigenvalue weighted by molar-refractivity contribution is 9.10. The zero-order chi connectivity index (χ0) is 12.5. The van der Waals surface area contributed by atoms with Gasteiger partial charge in [-0.05, 0) is 22.0 Å². The zero-order valence-electron chi connectivity index (χ0n) is 9.75. The number of hydrogen-bond donors (Lipinski definition) is 1. The van der Waals surface area contributed by atoms with E-state index in [1.165, 1.54) is 0 Å². The molecular formula is C12H13BrN4O. The molecule has 2 aromatic rings. The summed E-state index contributed by atoms with van der Waals surface area (Å²) in [4.78, 5) is 2.26. The lowest BCUT2D eigenvalue weighted by Crippen LogP contribution is -2.33. The first kappa shape index (κ1) is 11.7. The number of nitrogens with zero attached hydrogens (tertiary/aromatic N) is 4. The van der Waals surface area contributed by atoms with Crippen LogP contribution in [-0.2, 0) is 19.6 Å². The predicted molar refractivity (Wildman–Crippen MR) is 69.9 cm³/mol. The molecule has 0 saturated carbocycles. The van der Waals surface area contributed by atoms with Gasteiger partial charge in [0, 0.05) is 25.2 Å². The molecule has 3 rings (SSSR count). The maximum absolute atomic E-state index is 9.98. The Morgan fingerprint density at radius 2 is 2.22 bits per heavy atom. The van der Waals surface area contributed by atoms with Gasteiger partial charge in [-0.3, -0.25) is 4.90 Å². The van der Waals surface area contributed by atoms with Crippen LogP contribution in [-0.4, -0.2) is 31.3 Å². The van der Waals surface area contributed by atoms with E-state index >= 15 is 0 Å². The van der Waals surface area contributed by atoms with Crippen LogP contribution in [0.1, 0.15) is 11.4 Å². The van der Waals surface area contributed by atoms with Crippen molar-refractivity contribution in [1.29, 1.82) is 0 Å². The van der Waals surface area contributed by atoms with Crippen LogP contribution in [0.3, 0.4) is 0 Å². The molecule has 5 nitrogen and oxygen atoms in total. The maximum atomic E-state index is 9.98. The molecule has 1 N–H and O–H groups in total. The Balaban J connectivity index is 1.77. The summed E-state index contributed by atoms with van der Waals surface area (Å²) >= 11 is 3.34. The molecule has 1 aliphatic rings. The highest BCUT2D eigenvalue weighted by Crippen LogP contribution is 2.28. The number of hydrogen-bond acceptors (Lipinski definition) is 4. The third-order valence-corrected chi connectivity index (χ3v) is 3.82. The normalized spacial score (nSPS) is 15.6. The van der Waals surface area contributed by atoms with E-state index in [4.69, 9.17) is 0 Å². The minimum absolute atomic E-state index is 0.324. The van der Waals surface area contributed by atoms with Crippen molar-refractivity contribution in [2.75, 3.05) is 6.54 Å². The van der Waals surface area contributed by atoms with Crippen LogP contribution in [0.15, 0.2) is 29.0 Å². The Morgan fingerprint density at radius 3 is 3.11 bits per heavy atom. The number of rotatable bonds is 2. The fourth-order valence-electron chi connectivity index (χ4n) is 2.18. The lowest BCUT2D eigenvalue weighted by Gasteiger charge is -2.27. The summed E-state index contributed by atoms with van der Waals surface area (Å²) in [7, 11) is 0. The molecule has 0 aliphatic carbocycles. The summed E-state index contributed by atoms with van der Waals surface area (Å²) in [6.07, 6.45) is 1.77. The van der Waals surface area contributed by atoms with E-state index in [-0.39, 0.29) is 0 Å². The van der Waals surface area contributed by atoms with E-state index in [0.717, 1.165) is 42.0 Å². The molecule has 0 atom stereocenters. The lowest BCUT2D eigenvalue weighted by atomic mass is 10.2. The molecule has 0 fully saturated rings. The highest BCUT2D eigenvalue weighted by atomic mass is 79.9. The van der Waals surface area contributed by atoms with Crippen molar-refractivity contribution in [2.45, 2.75) is 19.6 Å². The van der Waals surface area contributed by atoms with Gasteiger partial charge in [0.15, 0.2) is 0 Å². The third-order valence-electron chi connectivity index (χ3n) is 3.18. The number of phenolic OH excluding ortho intramolecular Hbond substituents is 1. The number of phenols is 1. The number of halogens is 1. The minimum Gasteiger partial charge on any atom is -0.506 e. The summed E-state index contributed by atoms with van der Waals surface area (Å²) in [5.74, 6) is 1.31. The number of aromatic nitrogens is 3. The summed E-state index contributed by atoms with van der Waals surface area (Å²) in [5.41, 5.74) is 0.928. The first-order valence-corrected chi connectivity index (χ1v) is 6.59. The van der Waals surface area contributed by atoms with Crippen LogP contribution in [0.2, 0.25) is 0 Å². The second kappa shape index (κ2) is 4.70. The van der Waals surface area contributed by atoms with E-state index in [9.17, 15) is 5.11 Å². The minimum atomic E-state index is 0.324. The third kappa shape index (κ3) is 2.13. The summed E-state index contributed by atoms with van der Waals surface area (Å²) in [6, 6.07) is 5.72. The van der Waals surface area contributed by atoms with Crippen molar-refractivity contribution in [3.63, 3.8) is 0 Å². The molecule has 0 saturated heterocycles. The van der Waals surface area contributed by atoms with E-state index in [2.05, 4.69) is 35.6 Å². The average molecular weight is 309 g/mol. The topological polar surface area (TPSA) is 54.2 Å². The Morgan fingerprint density at radius 1 is 1.33 bits per heavy atom. The SMILES string of the molecule is Oc1c(Br)cccc1CN1CCn2cnnc2C1. The van der Waals surface area contributed by atoms with Crippen molar-refractivity contribution in [3.05, 3.63) is 40.4 Å². The molecule has 18 heavy (non-hydrogen) atoms. The van der Waals surface area contributed by atoms with Gasteiger partial charge in [-0.25, -0.2) is 0 Å². The molecule has 1 aromatic carbocycles. The van der Waals surface area contributed by atoms with Gasteiger partial charge in [0.1, 0.15) is 17.9 Å². The number of para-hydroxylation sites is 1. The Labute approximate surface area is 113 Å². The standard InChI is InChI=1S/C12H13BrN4O/c13-10-3-1-2-9(12(10)18)6-16-4-5-17-8-14-15-11(17)7-16/h1-3,8,18H,4-7H2. The van der Waals surface area contributed by atoms with Gasteiger partial charge in [0.05, 0.1) is 11.0 Å². The van der Waals surface area contributed by atoms with Crippen LogP contribution in [0, 0.1) is 0 Å². The average Bonchev–Trinajstić information content (AvgIpc) is 2.82. The summed E-state index contributed by atoms with van der Waals surface area (Å²) in [5, 5.41) is 18.0. The number of benzene rings is 1. The fourth-order valence-corrected chi connectivity index (χ4v) is 2.59. The second-order valence-electron chi connectivity index (χ2n) is 4.40. The van der Waals surface area contributed by atoms with Crippen LogP contribution < -0.4 is 0 Å². The molecule has 6 heteroatoms. The highest BCUT2D eigenvalue weighted by Gasteiger charge is 2.18. The molecule has 2 heterocycles. The van der Waals surface area contributed by atoms with Crippen molar-refractivity contribution >= 4 is 15.9 Å². The van der Waals surface area contributed by atoms with Crippen LogP contribution in [0.4, 0.5) is 0 Å². The first-order chi connectivity index (χ1) is 8.74. The molecule has 0 unspecified atom stereocenters. The summed E-state index contributed by atoms with van der Waals surface area (Å²) in [6.45, 7) is 3.33. The van der Waals surface area contributed by atoms with Crippen molar-refractivity contribution < 1.29 is 5.11 Å². The fraction of sp³-hybridized carbons (Fsp3) is 0.333. The number of aromatic hydroxyl groups is 1. The van der Waals surface area contributed by atoms with E-state index in [1.54, 1.807) is 6.33 Å². The van der Waals surface area contributed by atoms with E-state index in [0.29, 0.717) is 5.75 Å². The van der Waals surface area contributed by atoms with Crippen LogP contribution >= 0.6 is 15.9 Å². The van der Waals surface area contributed by atoms with E-state index in [1.807, 2.05) is 18.2 Å². The van der Waals surface area contributed by atoms with Crippen molar-refractivity contribution in [2.24, 2.45) is 0 Å². The molecule has 0 amide bonds. The quantitative estimate of drug-likeness (QED) is 0.918. The van der Waals surface area contributed by atoms with Gasteiger partial charge in [0.25, 0.3) is 0 Å². The molecule has 1 aliphatic heterocycles. The largest absolute Gasteiger partial charge is 0.506 e. The van der Waals surface area contributed by atoms with Gasteiger partial charge in [0.2, 0.25) is 0 Å². The Bertz CT molecular complexity index is 569. The van der Waals surface area contributed by atoms with Crippen LogP contribution in [0.25, 0.3) is 0 Å².